The van der Waals surface area contributed by atoms with Crippen molar-refractivity contribution < 1.29 is 32.3 Å². The summed E-state index contributed by atoms with van der Waals surface area (Å²) in [5.74, 6) is -2.44. The van der Waals surface area contributed by atoms with Gasteiger partial charge in [0.05, 0.1) is 17.9 Å². The number of carbonyl (C=O) groups excluding carboxylic acids is 4. The average molecular weight is 594 g/mol. The molecular weight excluding hydrogens is 562 g/mol. The zero-order valence-electron chi connectivity index (χ0n) is 22.8. The van der Waals surface area contributed by atoms with Crippen molar-refractivity contribution in [3.05, 3.63) is 90.5 Å². The lowest BCUT2D eigenvalue weighted by Gasteiger charge is -2.19. The SMILES string of the molecule is COC(=O)C(CNC(=O)C1CC(=O)N(c2cccc(NC(=O)NCc3ccccc3)c2)C1)NS(=O)(=O)c1ccccc1. The minimum absolute atomic E-state index is 0.0485. The lowest BCUT2D eigenvalue weighted by Crippen LogP contribution is -2.49. The molecule has 220 valence electrons. The van der Waals surface area contributed by atoms with Crippen molar-refractivity contribution in [2.24, 2.45) is 5.92 Å². The van der Waals surface area contributed by atoms with Crippen LogP contribution in [0.5, 0.6) is 0 Å². The van der Waals surface area contributed by atoms with E-state index in [1.165, 1.54) is 17.0 Å². The van der Waals surface area contributed by atoms with Crippen molar-refractivity contribution in [2.45, 2.75) is 23.9 Å². The van der Waals surface area contributed by atoms with Gasteiger partial charge in [0.2, 0.25) is 21.8 Å². The van der Waals surface area contributed by atoms with Crippen LogP contribution in [0, 0.1) is 5.92 Å². The fourth-order valence-electron chi connectivity index (χ4n) is 4.36. The van der Waals surface area contributed by atoms with E-state index in [0.717, 1.165) is 12.7 Å². The zero-order chi connectivity index (χ0) is 30.1. The number of amides is 4. The van der Waals surface area contributed by atoms with Crippen LogP contribution in [0.15, 0.2) is 89.8 Å². The summed E-state index contributed by atoms with van der Waals surface area (Å²) in [4.78, 5) is 51.7. The van der Waals surface area contributed by atoms with E-state index in [1.54, 1.807) is 42.5 Å². The molecule has 1 saturated heterocycles. The molecule has 3 aromatic carbocycles. The molecule has 4 rings (SSSR count). The first-order chi connectivity index (χ1) is 20.2. The van der Waals surface area contributed by atoms with Crippen LogP contribution in [0.3, 0.4) is 0 Å². The Morgan fingerprint density at radius 3 is 2.33 bits per heavy atom. The summed E-state index contributed by atoms with van der Waals surface area (Å²) in [6, 6.07) is 21.8. The van der Waals surface area contributed by atoms with E-state index in [2.05, 4.69) is 20.7 Å². The molecule has 1 fully saturated rings. The molecule has 0 bridgehead atoms. The summed E-state index contributed by atoms with van der Waals surface area (Å²) < 4.78 is 32.3. The number of anilines is 2. The fraction of sp³-hybridized carbons (Fsp3) is 0.241. The smallest absolute Gasteiger partial charge is 0.325 e. The van der Waals surface area contributed by atoms with E-state index >= 15 is 0 Å². The van der Waals surface area contributed by atoms with E-state index in [9.17, 15) is 27.6 Å². The number of benzene rings is 3. The van der Waals surface area contributed by atoms with Crippen molar-refractivity contribution >= 4 is 45.2 Å². The van der Waals surface area contributed by atoms with Crippen LogP contribution in [0.2, 0.25) is 0 Å². The molecule has 0 saturated carbocycles. The molecule has 1 aliphatic rings. The quantitative estimate of drug-likeness (QED) is 0.247. The summed E-state index contributed by atoms with van der Waals surface area (Å²) >= 11 is 0. The molecule has 0 aliphatic carbocycles. The monoisotopic (exact) mass is 593 g/mol. The highest BCUT2D eigenvalue weighted by Crippen LogP contribution is 2.27. The van der Waals surface area contributed by atoms with E-state index < -0.39 is 39.9 Å². The number of hydrogen-bond donors (Lipinski definition) is 4. The summed E-state index contributed by atoms with van der Waals surface area (Å²) in [5, 5.41) is 8.06. The van der Waals surface area contributed by atoms with Gasteiger partial charge in [-0.2, -0.15) is 4.72 Å². The molecule has 2 atom stereocenters. The minimum atomic E-state index is -4.06. The highest BCUT2D eigenvalue weighted by atomic mass is 32.2. The number of esters is 1. The maximum Gasteiger partial charge on any atom is 0.325 e. The van der Waals surface area contributed by atoms with Crippen LogP contribution in [0.4, 0.5) is 16.2 Å². The second-order valence-corrected chi connectivity index (χ2v) is 11.2. The Bertz CT molecular complexity index is 1530. The number of nitrogens with zero attached hydrogens (tertiary/aromatic N) is 1. The van der Waals surface area contributed by atoms with Crippen molar-refractivity contribution in [3.63, 3.8) is 0 Å². The standard InChI is InChI=1S/C29H31N5O7S/c1-41-28(37)25(33-42(39,40)24-13-6-3-7-14-24)18-30-27(36)21-15-26(35)34(19-21)23-12-8-11-22(16-23)32-29(38)31-17-20-9-4-2-5-10-20/h2-14,16,21,25,33H,15,17-19H2,1H3,(H,30,36)(H2,31,32,38). The largest absolute Gasteiger partial charge is 0.468 e. The van der Waals surface area contributed by atoms with Crippen molar-refractivity contribution in [3.8, 4) is 0 Å². The Morgan fingerprint density at radius 1 is 0.952 bits per heavy atom. The van der Waals surface area contributed by atoms with Gasteiger partial charge in [-0.25, -0.2) is 13.2 Å². The van der Waals surface area contributed by atoms with Gasteiger partial charge in [-0.15, -0.1) is 0 Å². The number of ether oxygens (including phenoxy) is 1. The Morgan fingerprint density at radius 2 is 1.64 bits per heavy atom. The molecular formula is C29H31N5O7S. The van der Waals surface area contributed by atoms with Crippen LogP contribution < -0.4 is 25.6 Å². The van der Waals surface area contributed by atoms with Gasteiger partial charge in [0.25, 0.3) is 0 Å². The summed E-state index contributed by atoms with van der Waals surface area (Å²) in [6.07, 6.45) is -0.0836. The molecule has 0 spiro atoms. The van der Waals surface area contributed by atoms with Gasteiger partial charge in [0, 0.05) is 37.4 Å². The molecule has 4 amide bonds. The van der Waals surface area contributed by atoms with Crippen LogP contribution >= 0.6 is 0 Å². The second-order valence-electron chi connectivity index (χ2n) is 9.50. The number of urea groups is 1. The van der Waals surface area contributed by atoms with Crippen molar-refractivity contribution in [1.82, 2.24) is 15.4 Å². The molecule has 1 aliphatic heterocycles. The van der Waals surface area contributed by atoms with Gasteiger partial charge in [0.1, 0.15) is 6.04 Å². The topological polar surface area (TPSA) is 163 Å². The Hall–Kier alpha value is -4.75. The molecule has 13 heteroatoms. The van der Waals surface area contributed by atoms with Gasteiger partial charge in [-0.1, -0.05) is 54.6 Å². The summed E-state index contributed by atoms with van der Waals surface area (Å²) in [5.41, 5.74) is 1.91. The Kier molecular flexibility index (Phi) is 9.89. The highest BCUT2D eigenvalue weighted by molar-refractivity contribution is 7.89. The van der Waals surface area contributed by atoms with Crippen LogP contribution in [0.1, 0.15) is 12.0 Å². The molecule has 0 radical (unpaired) electrons. The van der Waals surface area contributed by atoms with Crippen LogP contribution in [-0.2, 0) is 35.7 Å². The molecule has 2 unspecified atom stereocenters. The predicted octanol–water partition coefficient (Wildman–Crippen LogP) is 2.00. The molecule has 0 aromatic heterocycles. The third kappa shape index (κ3) is 7.92. The number of nitrogens with one attached hydrogen (secondary N) is 4. The predicted molar refractivity (Wildman–Crippen MR) is 155 cm³/mol. The maximum atomic E-state index is 12.9. The zero-order valence-corrected chi connectivity index (χ0v) is 23.6. The lowest BCUT2D eigenvalue weighted by atomic mass is 10.1. The van der Waals surface area contributed by atoms with Crippen LogP contribution in [-0.4, -0.2) is 58.5 Å². The van der Waals surface area contributed by atoms with Crippen molar-refractivity contribution in [1.29, 1.82) is 0 Å². The number of sulfonamides is 1. The molecule has 1 heterocycles. The second kappa shape index (κ2) is 13.7. The van der Waals surface area contributed by atoms with Gasteiger partial charge in [-0.05, 0) is 35.9 Å². The van der Waals surface area contributed by atoms with Gasteiger partial charge in [0.15, 0.2) is 0 Å². The van der Waals surface area contributed by atoms with Crippen LogP contribution in [0.25, 0.3) is 0 Å². The first kappa shape index (κ1) is 30.2. The van der Waals surface area contributed by atoms with Crippen molar-refractivity contribution in [2.75, 3.05) is 30.4 Å². The molecule has 12 nitrogen and oxygen atoms in total. The van der Waals surface area contributed by atoms with Gasteiger partial charge >= 0.3 is 12.0 Å². The minimum Gasteiger partial charge on any atom is -0.468 e. The molecule has 4 N–H and O–H groups in total. The summed E-state index contributed by atoms with van der Waals surface area (Å²) in [6.45, 7) is 0.0328. The number of hydrogen-bond acceptors (Lipinski definition) is 7. The number of rotatable bonds is 11. The van der Waals surface area contributed by atoms with Gasteiger partial charge in [-0.3, -0.25) is 14.4 Å². The third-order valence-corrected chi connectivity index (χ3v) is 8.01. The number of methoxy groups -OCH3 is 1. The van der Waals surface area contributed by atoms with Gasteiger partial charge < -0.3 is 25.6 Å². The fourth-order valence-corrected chi connectivity index (χ4v) is 5.56. The Balaban J connectivity index is 1.33. The first-order valence-corrected chi connectivity index (χ1v) is 14.6. The van der Waals surface area contributed by atoms with E-state index in [1.807, 2.05) is 30.3 Å². The Labute approximate surface area is 243 Å². The van der Waals surface area contributed by atoms with E-state index in [-0.39, 0.29) is 30.3 Å². The van der Waals surface area contributed by atoms with E-state index in [4.69, 9.17) is 4.74 Å². The molecule has 3 aromatic rings. The molecule has 42 heavy (non-hydrogen) atoms. The third-order valence-electron chi connectivity index (χ3n) is 6.52. The van der Waals surface area contributed by atoms with E-state index in [0.29, 0.717) is 17.9 Å². The number of carbonyl (C=O) groups is 4. The summed E-state index contributed by atoms with van der Waals surface area (Å²) in [7, 11) is -2.96. The first-order valence-electron chi connectivity index (χ1n) is 13.1. The lowest BCUT2D eigenvalue weighted by molar-refractivity contribution is -0.142. The maximum absolute atomic E-state index is 12.9. The highest BCUT2D eigenvalue weighted by Gasteiger charge is 2.36. The average Bonchev–Trinajstić information content (AvgIpc) is 3.40. The normalized spacial score (nSPS) is 15.5.